The van der Waals surface area contributed by atoms with E-state index in [-0.39, 0.29) is 10.8 Å². The van der Waals surface area contributed by atoms with Crippen molar-refractivity contribution in [3.05, 3.63) is 47.5 Å². The van der Waals surface area contributed by atoms with Gasteiger partial charge in [0.2, 0.25) is 0 Å². The van der Waals surface area contributed by atoms with Gasteiger partial charge in [0.05, 0.1) is 17.1 Å². The summed E-state index contributed by atoms with van der Waals surface area (Å²) in [6.07, 6.45) is 10.7. The first-order chi connectivity index (χ1) is 15.0. The van der Waals surface area contributed by atoms with Crippen molar-refractivity contribution in [3.8, 4) is 11.5 Å². The van der Waals surface area contributed by atoms with E-state index in [1.54, 1.807) is 18.2 Å². The van der Waals surface area contributed by atoms with Gasteiger partial charge < -0.3 is 15.2 Å². The van der Waals surface area contributed by atoms with Gasteiger partial charge in [0.25, 0.3) is 0 Å². The number of phenols is 1. The second kappa shape index (κ2) is 8.15. The van der Waals surface area contributed by atoms with Gasteiger partial charge in [-0.05, 0) is 61.3 Å². The van der Waals surface area contributed by atoms with Crippen LogP contribution >= 0.6 is 11.6 Å². The fourth-order valence-corrected chi connectivity index (χ4v) is 5.38. The van der Waals surface area contributed by atoms with Crippen LogP contribution in [0.15, 0.2) is 36.7 Å². The van der Waals surface area contributed by atoms with E-state index in [0.717, 1.165) is 0 Å². The Morgan fingerprint density at radius 1 is 1.13 bits per heavy atom. The molecule has 3 aromatic rings. The Labute approximate surface area is 185 Å². The summed E-state index contributed by atoms with van der Waals surface area (Å²) in [5, 5.41) is 14.3. The van der Waals surface area contributed by atoms with Gasteiger partial charge in [-0.1, -0.05) is 30.9 Å². The number of nitrogens with zero attached hydrogens (tertiary/aromatic N) is 2. The highest BCUT2D eigenvalue weighted by Gasteiger charge is 2.44. The average Bonchev–Trinajstić information content (AvgIpc) is 2.74. The number of ether oxygens (including phenoxy) is 1. The molecule has 2 aromatic carbocycles. The number of benzene rings is 2. The minimum Gasteiger partial charge on any atom is -0.504 e. The van der Waals surface area contributed by atoms with Crippen LogP contribution in [0.1, 0.15) is 44.9 Å². The number of aromatic hydroxyl groups is 1. The number of phenolic OH excluding ortho intramolecular Hbond substituents is 1. The molecule has 2 fully saturated rings. The van der Waals surface area contributed by atoms with Gasteiger partial charge in [0.1, 0.15) is 18.0 Å². The quantitative estimate of drug-likeness (QED) is 0.466. The number of fused-ring (bicyclic) bond motifs is 1. The zero-order chi connectivity index (χ0) is 21.4. The average molecular weight is 442 g/mol. The summed E-state index contributed by atoms with van der Waals surface area (Å²) < 4.78 is 19.4. The lowest BCUT2D eigenvalue weighted by molar-refractivity contribution is -0.00798. The highest BCUT2D eigenvalue weighted by molar-refractivity contribution is 6.31. The van der Waals surface area contributed by atoms with E-state index in [2.05, 4.69) is 15.3 Å². The fourth-order valence-electron chi connectivity index (χ4n) is 5.20. The molecule has 5 rings (SSSR count). The molecule has 7 heteroatoms. The molecule has 0 amide bonds. The molecule has 31 heavy (non-hydrogen) atoms. The highest BCUT2D eigenvalue weighted by atomic mass is 35.5. The SMILES string of the molecule is Oc1cc2c(Nc3ccc(F)c(Cl)c3)ncnc2cc1OCC1CC2(CCCCC2)C1. The molecule has 0 aliphatic heterocycles. The highest BCUT2D eigenvalue weighted by Crippen LogP contribution is 2.54. The van der Waals surface area contributed by atoms with Crippen LogP contribution in [0.4, 0.5) is 15.9 Å². The first-order valence-electron chi connectivity index (χ1n) is 10.8. The summed E-state index contributed by atoms with van der Waals surface area (Å²) in [6, 6.07) is 7.69. The molecule has 2 aliphatic carbocycles. The molecule has 0 radical (unpaired) electrons. The smallest absolute Gasteiger partial charge is 0.163 e. The Morgan fingerprint density at radius 2 is 1.94 bits per heavy atom. The van der Waals surface area contributed by atoms with E-state index in [9.17, 15) is 9.50 Å². The van der Waals surface area contributed by atoms with Gasteiger partial charge in [-0.25, -0.2) is 14.4 Å². The first-order valence-corrected chi connectivity index (χ1v) is 11.2. The van der Waals surface area contributed by atoms with Gasteiger partial charge in [0, 0.05) is 17.1 Å². The summed E-state index contributed by atoms with van der Waals surface area (Å²) >= 11 is 5.86. The minimum absolute atomic E-state index is 0.0212. The van der Waals surface area contributed by atoms with Crippen LogP contribution in [0, 0.1) is 17.2 Å². The molecule has 162 valence electrons. The Balaban J connectivity index is 1.30. The zero-order valence-corrected chi connectivity index (χ0v) is 18.0. The van der Waals surface area contributed by atoms with Crippen molar-refractivity contribution >= 4 is 34.0 Å². The topological polar surface area (TPSA) is 67.3 Å². The van der Waals surface area contributed by atoms with E-state index in [4.69, 9.17) is 16.3 Å². The Hall–Kier alpha value is -2.60. The molecule has 5 nitrogen and oxygen atoms in total. The maximum absolute atomic E-state index is 13.4. The van der Waals surface area contributed by atoms with Crippen LogP contribution < -0.4 is 10.1 Å². The van der Waals surface area contributed by atoms with Crippen molar-refractivity contribution < 1.29 is 14.2 Å². The van der Waals surface area contributed by atoms with Crippen LogP contribution in [0.2, 0.25) is 5.02 Å². The molecule has 2 aliphatic rings. The van der Waals surface area contributed by atoms with Gasteiger partial charge in [-0.15, -0.1) is 0 Å². The van der Waals surface area contributed by atoms with Crippen molar-refractivity contribution in [1.82, 2.24) is 9.97 Å². The molecule has 1 spiro atoms. The maximum Gasteiger partial charge on any atom is 0.163 e. The zero-order valence-electron chi connectivity index (χ0n) is 17.2. The van der Waals surface area contributed by atoms with Gasteiger partial charge >= 0.3 is 0 Å². The largest absolute Gasteiger partial charge is 0.504 e. The number of anilines is 2. The van der Waals surface area contributed by atoms with Gasteiger partial charge in [0.15, 0.2) is 11.5 Å². The lowest BCUT2D eigenvalue weighted by atomic mass is 9.56. The molecule has 2 N–H and O–H groups in total. The maximum atomic E-state index is 13.4. The monoisotopic (exact) mass is 441 g/mol. The number of hydrogen-bond acceptors (Lipinski definition) is 5. The normalized spacial score (nSPS) is 18.1. The van der Waals surface area contributed by atoms with E-state index in [0.29, 0.717) is 46.1 Å². The van der Waals surface area contributed by atoms with E-state index < -0.39 is 5.82 Å². The molecule has 0 unspecified atom stereocenters. The molecule has 2 saturated carbocycles. The Kier molecular flexibility index (Phi) is 5.34. The third-order valence-corrected chi connectivity index (χ3v) is 7.02. The summed E-state index contributed by atoms with van der Waals surface area (Å²) in [5.41, 5.74) is 1.80. The summed E-state index contributed by atoms with van der Waals surface area (Å²) in [7, 11) is 0. The van der Waals surface area contributed by atoms with Crippen LogP contribution in [0.3, 0.4) is 0 Å². The molecular formula is C24H25ClFN3O2. The predicted molar refractivity (Wildman–Crippen MR) is 120 cm³/mol. The van der Waals surface area contributed by atoms with Crippen molar-refractivity contribution in [2.75, 3.05) is 11.9 Å². The molecule has 1 aromatic heterocycles. The molecule has 1 heterocycles. The third-order valence-electron chi connectivity index (χ3n) is 6.73. The molecule has 0 atom stereocenters. The Morgan fingerprint density at radius 3 is 2.71 bits per heavy atom. The van der Waals surface area contributed by atoms with Crippen LogP contribution in [0.25, 0.3) is 10.9 Å². The van der Waals surface area contributed by atoms with Gasteiger partial charge in [-0.2, -0.15) is 0 Å². The van der Waals surface area contributed by atoms with E-state index in [1.165, 1.54) is 63.4 Å². The standard InChI is InChI=1S/C24H25ClFN3O2/c25-18-8-16(4-5-19(18)26)29-23-17-9-21(30)22(10-20(17)27-14-28-23)31-13-15-11-24(12-15)6-2-1-3-7-24/h4-5,8-10,14-15,30H,1-3,6-7,11-13H2,(H,27,28,29). The fraction of sp³-hybridized carbons (Fsp3) is 0.417. The van der Waals surface area contributed by atoms with Crippen molar-refractivity contribution in [2.45, 2.75) is 44.9 Å². The van der Waals surface area contributed by atoms with Crippen LogP contribution in [-0.4, -0.2) is 21.7 Å². The summed E-state index contributed by atoms with van der Waals surface area (Å²) in [6.45, 7) is 0.616. The Bertz CT molecular complexity index is 1110. The number of aromatic nitrogens is 2. The van der Waals surface area contributed by atoms with Gasteiger partial charge in [-0.3, -0.25) is 0 Å². The van der Waals surface area contributed by atoms with E-state index in [1.807, 2.05) is 0 Å². The molecule has 0 bridgehead atoms. The minimum atomic E-state index is -0.486. The summed E-state index contributed by atoms with van der Waals surface area (Å²) in [4.78, 5) is 8.58. The first kappa shape index (κ1) is 20.3. The van der Waals surface area contributed by atoms with Crippen molar-refractivity contribution in [1.29, 1.82) is 0 Å². The number of rotatable bonds is 5. The second-order valence-corrected chi connectivity index (χ2v) is 9.37. The molecule has 0 saturated heterocycles. The third kappa shape index (κ3) is 4.13. The number of nitrogens with one attached hydrogen (secondary N) is 1. The number of hydrogen-bond donors (Lipinski definition) is 2. The second-order valence-electron chi connectivity index (χ2n) is 8.96. The van der Waals surface area contributed by atoms with Crippen LogP contribution in [-0.2, 0) is 0 Å². The molecular weight excluding hydrogens is 417 g/mol. The predicted octanol–water partition coefficient (Wildman–Crippen LogP) is 6.61. The lowest BCUT2D eigenvalue weighted by Crippen LogP contribution is -2.41. The number of halogens is 2. The van der Waals surface area contributed by atoms with Crippen molar-refractivity contribution in [3.63, 3.8) is 0 Å². The lowest BCUT2D eigenvalue weighted by Gasteiger charge is -2.50. The summed E-state index contributed by atoms with van der Waals surface area (Å²) in [5.74, 6) is 1.05. The van der Waals surface area contributed by atoms with Crippen LogP contribution in [0.5, 0.6) is 11.5 Å². The van der Waals surface area contributed by atoms with Crippen molar-refractivity contribution in [2.24, 2.45) is 11.3 Å². The van der Waals surface area contributed by atoms with E-state index >= 15 is 0 Å².